The fourth-order valence-electron chi connectivity index (χ4n) is 3.93. The van der Waals surface area contributed by atoms with Crippen molar-refractivity contribution in [1.29, 1.82) is 0 Å². The number of benzene rings is 2. The predicted molar refractivity (Wildman–Crippen MR) is 110 cm³/mol. The fraction of sp³-hybridized carbons (Fsp3) is 0.292. The van der Waals surface area contributed by atoms with Crippen LogP contribution in [0.1, 0.15) is 35.2 Å². The zero-order chi connectivity index (χ0) is 19.3. The van der Waals surface area contributed by atoms with E-state index in [2.05, 4.69) is 17.1 Å². The third kappa shape index (κ3) is 4.11. The standard InChI is InChI=1S/C24H24N2O2/c27-23(13-10-18-6-2-1-3-7-18)21-9-5-15-26(17-21)24(28)20-11-12-22-19(16-20)8-4-14-25-22/h1-4,6-8,11-12,14,16,21H,5,9-10,13,15,17H2/t21-/m1/s1. The van der Waals surface area contributed by atoms with Crippen molar-refractivity contribution in [1.82, 2.24) is 9.88 Å². The SMILES string of the molecule is O=C(CCc1ccccc1)[C@@H]1CCCN(C(=O)c2ccc3ncccc3c2)C1. The van der Waals surface area contributed by atoms with Gasteiger partial charge in [-0.2, -0.15) is 0 Å². The van der Waals surface area contributed by atoms with E-state index in [-0.39, 0.29) is 17.6 Å². The molecule has 4 heteroatoms. The van der Waals surface area contributed by atoms with E-state index in [0.717, 1.165) is 30.2 Å². The first-order valence-corrected chi connectivity index (χ1v) is 9.91. The number of Topliss-reactive ketones (excluding diaryl/α,β-unsaturated/α-hetero) is 1. The molecule has 4 nitrogen and oxygen atoms in total. The molecule has 1 atom stereocenters. The van der Waals surface area contributed by atoms with E-state index in [1.165, 1.54) is 5.56 Å². The average Bonchev–Trinajstić information content (AvgIpc) is 2.77. The highest BCUT2D eigenvalue weighted by atomic mass is 16.2. The zero-order valence-electron chi connectivity index (χ0n) is 15.9. The highest BCUT2D eigenvalue weighted by Crippen LogP contribution is 2.22. The Bertz CT molecular complexity index is 984. The van der Waals surface area contributed by atoms with Crippen molar-refractivity contribution in [3.05, 3.63) is 78.0 Å². The minimum atomic E-state index is -0.0523. The smallest absolute Gasteiger partial charge is 0.253 e. The quantitative estimate of drug-likeness (QED) is 0.671. The Hall–Kier alpha value is -3.01. The van der Waals surface area contributed by atoms with Crippen LogP contribution in [0.15, 0.2) is 66.9 Å². The molecule has 1 fully saturated rings. The summed E-state index contributed by atoms with van der Waals surface area (Å²) in [6.45, 7) is 1.24. The van der Waals surface area contributed by atoms with E-state index in [9.17, 15) is 9.59 Å². The minimum Gasteiger partial charge on any atom is -0.338 e. The van der Waals surface area contributed by atoms with Crippen LogP contribution in [0.4, 0.5) is 0 Å². The first-order chi connectivity index (χ1) is 13.7. The van der Waals surface area contributed by atoms with E-state index < -0.39 is 0 Å². The molecular weight excluding hydrogens is 348 g/mol. The Labute approximate surface area is 165 Å². The van der Waals surface area contributed by atoms with Crippen LogP contribution in [0.5, 0.6) is 0 Å². The van der Waals surface area contributed by atoms with Crippen LogP contribution < -0.4 is 0 Å². The van der Waals surface area contributed by atoms with Crippen molar-refractivity contribution in [2.75, 3.05) is 13.1 Å². The van der Waals surface area contributed by atoms with Gasteiger partial charge in [0, 0.05) is 42.6 Å². The van der Waals surface area contributed by atoms with Gasteiger partial charge >= 0.3 is 0 Å². The number of ketones is 1. The Morgan fingerprint density at radius 2 is 1.89 bits per heavy atom. The summed E-state index contributed by atoms with van der Waals surface area (Å²) >= 11 is 0. The molecule has 0 bridgehead atoms. The number of amides is 1. The highest BCUT2D eigenvalue weighted by molar-refractivity contribution is 5.98. The van der Waals surface area contributed by atoms with Gasteiger partial charge < -0.3 is 4.90 Å². The largest absolute Gasteiger partial charge is 0.338 e. The lowest BCUT2D eigenvalue weighted by atomic mass is 9.90. The van der Waals surface area contributed by atoms with Crippen molar-refractivity contribution in [2.45, 2.75) is 25.7 Å². The van der Waals surface area contributed by atoms with E-state index in [1.807, 2.05) is 53.4 Å². The molecular formula is C24H24N2O2. The van der Waals surface area contributed by atoms with Gasteiger partial charge in [0.25, 0.3) is 5.91 Å². The fourth-order valence-corrected chi connectivity index (χ4v) is 3.93. The first kappa shape index (κ1) is 18.4. The van der Waals surface area contributed by atoms with Crippen LogP contribution in [0.25, 0.3) is 10.9 Å². The summed E-state index contributed by atoms with van der Waals surface area (Å²) < 4.78 is 0. The van der Waals surface area contributed by atoms with Crippen molar-refractivity contribution < 1.29 is 9.59 Å². The monoisotopic (exact) mass is 372 g/mol. The number of carbonyl (C=O) groups excluding carboxylic acids is 2. The maximum Gasteiger partial charge on any atom is 0.253 e. The zero-order valence-corrected chi connectivity index (χ0v) is 15.9. The van der Waals surface area contributed by atoms with Crippen LogP contribution in [0.2, 0.25) is 0 Å². The number of carbonyl (C=O) groups is 2. The molecule has 0 N–H and O–H groups in total. The number of likely N-dealkylation sites (tertiary alicyclic amines) is 1. The lowest BCUT2D eigenvalue weighted by molar-refractivity contribution is -0.124. The Morgan fingerprint density at radius 3 is 2.75 bits per heavy atom. The van der Waals surface area contributed by atoms with Gasteiger partial charge in [-0.05, 0) is 49.1 Å². The van der Waals surface area contributed by atoms with Gasteiger partial charge in [0.15, 0.2) is 0 Å². The molecule has 1 saturated heterocycles. The van der Waals surface area contributed by atoms with E-state index >= 15 is 0 Å². The van der Waals surface area contributed by atoms with Crippen molar-refractivity contribution >= 4 is 22.6 Å². The molecule has 0 saturated carbocycles. The lowest BCUT2D eigenvalue weighted by Crippen LogP contribution is -2.42. The molecule has 2 aromatic carbocycles. The third-order valence-electron chi connectivity index (χ3n) is 5.52. The maximum absolute atomic E-state index is 13.0. The van der Waals surface area contributed by atoms with Gasteiger partial charge in [0.2, 0.25) is 0 Å². The molecule has 0 radical (unpaired) electrons. The molecule has 1 aliphatic heterocycles. The summed E-state index contributed by atoms with van der Waals surface area (Å²) in [4.78, 5) is 31.8. The molecule has 1 amide bonds. The van der Waals surface area contributed by atoms with Gasteiger partial charge in [-0.3, -0.25) is 14.6 Å². The van der Waals surface area contributed by atoms with Crippen LogP contribution in [0, 0.1) is 5.92 Å². The average molecular weight is 372 g/mol. The summed E-state index contributed by atoms with van der Waals surface area (Å²) in [5.74, 6) is 0.221. The molecule has 28 heavy (non-hydrogen) atoms. The second-order valence-corrected chi connectivity index (χ2v) is 7.45. The number of rotatable bonds is 5. The van der Waals surface area contributed by atoms with E-state index in [0.29, 0.717) is 25.1 Å². The molecule has 0 spiro atoms. The molecule has 1 aliphatic rings. The number of aromatic nitrogens is 1. The Balaban J connectivity index is 1.40. The molecule has 4 rings (SSSR count). The Kier molecular flexibility index (Phi) is 5.47. The summed E-state index contributed by atoms with van der Waals surface area (Å²) in [5.41, 5.74) is 2.73. The molecule has 0 aliphatic carbocycles. The van der Waals surface area contributed by atoms with Crippen molar-refractivity contribution in [3.63, 3.8) is 0 Å². The molecule has 1 aromatic heterocycles. The number of pyridine rings is 1. The van der Waals surface area contributed by atoms with Crippen LogP contribution in [0.3, 0.4) is 0 Å². The normalized spacial score (nSPS) is 16.9. The second-order valence-electron chi connectivity index (χ2n) is 7.45. The number of piperidine rings is 1. The van der Waals surface area contributed by atoms with Crippen molar-refractivity contribution in [2.24, 2.45) is 5.92 Å². The van der Waals surface area contributed by atoms with E-state index in [1.54, 1.807) is 6.20 Å². The second kappa shape index (κ2) is 8.34. The maximum atomic E-state index is 13.0. The van der Waals surface area contributed by atoms with Crippen LogP contribution >= 0.6 is 0 Å². The summed E-state index contributed by atoms with van der Waals surface area (Å²) in [6.07, 6.45) is 4.81. The molecule has 3 aromatic rings. The van der Waals surface area contributed by atoms with Crippen molar-refractivity contribution in [3.8, 4) is 0 Å². The summed E-state index contributed by atoms with van der Waals surface area (Å²) in [7, 11) is 0. The summed E-state index contributed by atoms with van der Waals surface area (Å²) in [6, 6.07) is 19.5. The summed E-state index contributed by atoms with van der Waals surface area (Å²) in [5, 5.41) is 0.959. The van der Waals surface area contributed by atoms with Gasteiger partial charge in [-0.1, -0.05) is 36.4 Å². The molecule has 0 unspecified atom stereocenters. The van der Waals surface area contributed by atoms with Gasteiger partial charge in [0.05, 0.1) is 5.52 Å². The first-order valence-electron chi connectivity index (χ1n) is 9.91. The molecule has 142 valence electrons. The number of hydrogen-bond donors (Lipinski definition) is 0. The predicted octanol–water partition coefficient (Wildman–Crippen LogP) is 4.29. The van der Waals surface area contributed by atoms with E-state index in [4.69, 9.17) is 0 Å². The van der Waals surface area contributed by atoms with Gasteiger partial charge in [-0.25, -0.2) is 0 Å². The third-order valence-corrected chi connectivity index (χ3v) is 5.52. The molecule has 2 heterocycles. The van der Waals surface area contributed by atoms with Gasteiger partial charge in [-0.15, -0.1) is 0 Å². The number of hydrogen-bond acceptors (Lipinski definition) is 3. The Morgan fingerprint density at radius 1 is 1.04 bits per heavy atom. The highest BCUT2D eigenvalue weighted by Gasteiger charge is 2.28. The lowest BCUT2D eigenvalue weighted by Gasteiger charge is -2.32. The van der Waals surface area contributed by atoms with Gasteiger partial charge in [0.1, 0.15) is 5.78 Å². The van der Waals surface area contributed by atoms with Crippen LogP contribution in [-0.4, -0.2) is 34.7 Å². The minimum absolute atomic E-state index is 0.00584. The van der Waals surface area contributed by atoms with Crippen LogP contribution in [-0.2, 0) is 11.2 Å². The topological polar surface area (TPSA) is 50.3 Å². The number of aryl methyl sites for hydroxylation is 1. The number of fused-ring (bicyclic) bond motifs is 1. The number of nitrogens with zero attached hydrogens (tertiary/aromatic N) is 2.